The van der Waals surface area contributed by atoms with Gasteiger partial charge in [0.25, 0.3) is 0 Å². The molecule has 5 heterocycles. The van der Waals surface area contributed by atoms with E-state index in [1.54, 1.807) is 22.9 Å². The molecule has 2 saturated heterocycles. The minimum Gasteiger partial charge on any atom is -0.467 e. The number of amides is 1. The molecular weight excluding hydrogens is 544 g/mol. The van der Waals surface area contributed by atoms with Gasteiger partial charge in [0.05, 0.1) is 18.1 Å². The van der Waals surface area contributed by atoms with Crippen molar-refractivity contribution in [3.05, 3.63) is 41.4 Å². The molecule has 14 heteroatoms. The zero-order valence-corrected chi connectivity index (χ0v) is 23.0. The number of ether oxygens (including phenoxy) is 1. The number of carbonyl (C=O) groups is 1. The number of nitrogens with two attached hydrogens (primary N) is 1. The number of methoxy groups -OCH3 is 1. The first kappa shape index (κ1) is 28.5. The number of aryl methyl sites for hydroxylation is 1. The van der Waals surface area contributed by atoms with Crippen LogP contribution < -0.4 is 15.4 Å². The summed E-state index contributed by atoms with van der Waals surface area (Å²) in [6, 6.07) is 0.993. The molecule has 10 nitrogen and oxygen atoms in total. The molecule has 0 saturated carbocycles. The van der Waals surface area contributed by atoms with Crippen molar-refractivity contribution in [2.24, 2.45) is 0 Å². The number of fused-ring (bicyclic) bond motifs is 1. The molecule has 5 rings (SSSR count). The second-order valence-corrected chi connectivity index (χ2v) is 10.3. The van der Waals surface area contributed by atoms with Crippen LogP contribution in [0.4, 0.5) is 29.2 Å². The SMILES string of the molecule is COc1nc(N(C)C2CCN(C(=O)/C=C/C3CCN3C)C2)c2cnc(-c3nc(N)cc(C)c3C(F)(F)F)c(F)c2n1. The van der Waals surface area contributed by atoms with E-state index in [0.29, 0.717) is 19.5 Å². The van der Waals surface area contributed by atoms with Gasteiger partial charge >= 0.3 is 12.2 Å². The summed E-state index contributed by atoms with van der Waals surface area (Å²) in [5.41, 5.74) is 2.72. The molecule has 1 amide bonds. The van der Waals surface area contributed by atoms with Gasteiger partial charge in [0.2, 0.25) is 5.91 Å². The molecule has 0 bridgehead atoms. The first-order valence-corrected chi connectivity index (χ1v) is 13.0. The summed E-state index contributed by atoms with van der Waals surface area (Å²) < 4.78 is 63.0. The predicted octanol–water partition coefficient (Wildman–Crippen LogP) is 3.44. The number of hydrogen-bond acceptors (Lipinski definition) is 9. The van der Waals surface area contributed by atoms with E-state index in [9.17, 15) is 18.0 Å². The number of likely N-dealkylation sites (N-methyl/N-ethyl adjacent to an activating group) is 2. The van der Waals surface area contributed by atoms with Crippen LogP contribution in [0.5, 0.6) is 6.01 Å². The minimum absolute atomic E-state index is 0.0888. The van der Waals surface area contributed by atoms with Crippen molar-refractivity contribution in [3.63, 3.8) is 0 Å². The number of nitrogen functional groups attached to an aromatic ring is 1. The van der Waals surface area contributed by atoms with Gasteiger partial charge < -0.3 is 20.3 Å². The van der Waals surface area contributed by atoms with Crippen molar-refractivity contribution >= 4 is 28.4 Å². The molecule has 2 unspecified atom stereocenters. The highest BCUT2D eigenvalue weighted by atomic mass is 19.4. The number of halogens is 4. The van der Waals surface area contributed by atoms with E-state index >= 15 is 4.39 Å². The van der Waals surface area contributed by atoms with Gasteiger partial charge in [-0.1, -0.05) is 6.08 Å². The summed E-state index contributed by atoms with van der Waals surface area (Å²) in [4.78, 5) is 34.8. The van der Waals surface area contributed by atoms with Gasteiger partial charge in [0, 0.05) is 51.0 Å². The van der Waals surface area contributed by atoms with Crippen molar-refractivity contribution in [1.82, 2.24) is 29.7 Å². The Balaban J connectivity index is 1.49. The van der Waals surface area contributed by atoms with Crippen LogP contribution in [-0.2, 0) is 11.0 Å². The first-order valence-electron chi connectivity index (χ1n) is 13.0. The number of anilines is 2. The summed E-state index contributed by atoms with van der Waals surface area (Å²) in [6.45, 7) is 3.16. The predicted molar refractivity (Wildman–Crippen MR) is 145 cm³/mol. The van der Waals surface area contributed by atoms with E-state index in [-0.39, 0.29) is 52.1 Å². The molecule has 218 valence electrons. The number of nitrogens with zero attached hydrogens (tertiary/aromatic N) is 7. The normalized spacial score (nSPS) is 19.7. The highest BCUT2D eigenvalue weighted by molar-refractivity contribution is 5.92. The molecule has 2 fully saturated rings. The monoisotopic (exact) mass is 574 g/mol. The van der Waals surface area contributed by atoms with Crippen LogP contribution >= 0.6 is 0 Å². The van der Waals surface area contributed by atoms with Crippen LogP contribution in [0.3, 0.4) is 0 Å². The molecule has 41 heavy (non-hydrogen) atoms. The van der Waals surface area contributed by atoms with Crippen molar-refractivity contribution < 1.29 is 27.1 Å². The fourth-order valence-electron chi connectivity index (χ4n) is 5.28. The molecule has 2 aliphatic heterocycles. The number of rotatable bonds is 6. The van der Waals surface area contributed by atoms with Crippen LogP contribution in [-0.4, -0.2) is 88.6 Å². The molecule has 0 spiro atoms. The Morgan fingerprint density at radius 2 is 1.95 bits per heavy atom. The first-order chi connectivity index (χ1) is 19.4. The Kier molecular flexibility index (Phi) is 7.45. The van der Waals surface area contributed by atoms with E-state index < -0.39 is 28.9 Å². The molecule has 2 aliphatic rings. The third-order valence-electron chi connectivity index (χ3n) is 7.73. The lowest BCUT2D eigenvalue weighted by Gasteiger charge is -2.35. The fraction of sp³-hybridized carbons (Fsp3) is 0.444. The summed E-state index contributed by atoms with van der Waals surface area (Å²) in [5.74, 6) is -1.14. The minimum atomic E-state index is -4.83. The number of alkyl halides is 3. The van der Waals surface area contributed by atoms with Crippen LogP contribution in [0, 0.1) is 12.7 Å². The maximum Gasteiger partial charge on any atom is 0.418 e. The Hall–Kier alpha value is -4.07. The van der Waals surface area contributed by atoms with Crippen LogP contribution in [0.15, 0.2) is 24.4 Å². The number of likely N-dealkylation sites (tertiary alicyclic amines) is 2. The molecular formula is C27H30F4N8O2. The standard InChI is InChI=1S/C27H30F4N8O2/c1-14-11-18(32)34-23(20(14)27(29,30)31)24-21(28)22-17(12-33-24)25(36-26(35-22)41-4)38(3)16-8-10-39(13-16)19(40)6-5-15-7-9-37(15)2/h5-6,11-12,15-16H,7-10,13H2,1-4H3,(H2,32,34)/b6-5+. The molecule has 2 atom stereocenters. The van der Waals surface area contributed by atoms with E-state index in [2.05, 4.69) is 24.8 Å². The average molecular weight is 575 g/mol. The lowest BCUT2D eigenvalue weighted by atomic mass is 10.0. The maximum atomic E-state index is 16.0. The van der Waals surface area contributed by atoms with Crippen molar-refractivity contribution in [3.8, 4) is 17.4 Å². The quantitative estimate of drug-likeness (QED) is 0.349. The molecule has 3 aromatic heterocycles. The van der Waals surface area contributed by atoms with Crippen LogP contribution in [0.2, 0.25) is 0 Å². The van der Waals surface area contributed by atoms with Crippen molar-refractivity contribution in [2.45, 2.75) is 38.0 Å². The van der Waals surface area contributed by atoms with E-state index in [1.807, 2.05) is 13.1 Å². The Labute approximate surface area is 233 Å². The molecule has 2 N–H and O–H groups in total. The summed E-state index contributed by atoms with van der Waals surface area (Å²) in [5, 5.41) is 0.168. The summed E-state index contributed by atoms with van der Waals surface area (Å²) >= 11 is 0. The smallest absolute Gasteiger partial charge is 0.418 e. The highest BCUT2D eigenvalue weighted by Gasteiger charge is 2.38. The van der Waals surface area contributed by atoms with Gasteiger partial charge in [-0.2, -0.15) is 23.1 Å². The highest BCUT2D eigenvalue weighted by Crippen LogP contribution is 2.40. The molecule has 0 aliphatic carbocycles. The van der Waals surface area contributed by atoms with Crippen LogP contribution in [0.1, 0.15) is 24.0 Å². The van der Waals surface area contributed by atoms with E-state index in [4.69, 9.17) is 10.5 Å². The summed E-state index contributed by atoms with van der Waals surface area (Å²) in [7, 11) is 5.06. The lowest BCUT2D eigenvalue weighted by molar-refractivity contribution is -0.137. The topological polar surface area (TPSA) is 114 Å². The molecule has 0 radical (unpaired) electrons. The van der Waals surface area contributed by atoms with Gasteiger partial charge in [-0.05, 0) is 38.4 Å². The number of aromatic nitrogens is 4. The zero-order chi connectivity index (χ0) is 29.6. The Morgan fingerprint density at radius 3 is 2.59 bits per heavy atom. The second-order valence-electron chi connectivity index (χ2n) is 10.3. The Morgan fingerprint density at radius 1 is 1.20 bits per heavy atom. The third kappa shape index (κ3) is 5.35. The van der Waals surface area contributed by atoms with Gasteiger partial charge in [-0.25, -0.2) is 9.37 Å². The number of pyridine rings is 2. The van der Waals surface area contributed by atoms with Gasteiger partial charge in [0.1, 0.15) is 28.5 Å². The molecule has 0 aromatic carbocycles. The molecule has 3 aromatic rings. The lowest BCUT2D eigenvalue weighted by Crippen LogP contribution is -2.43. The Bertz CT molecular complexity index is 1530. The summed E-state index contributed by atoms with van der Waals surface area (Å²) in [6.07, 6.45) is 1.56. The maximum absolute atomic E-state index is 16.0. The van der Waals surface area contributed by atoms with E-state index in [1.165, 1.54) is 20.2 Å². The van der Waals surface area contributed by atoms with Crippen LogP contribution in [0.25, 0.3) is 22.3 Å². The van der Waals surface area contributed by atoms with Gasteiger partial charge in [-0.3, -0.25) is 14.7 Å². The largest absolute Gasteiger partial charge is 0.467 e. The zero-order valence-electron chi connectivity index (χ0n) is 23.0. The third-order valence-corrected chi connectivity index (χ3v) is 7.73. The average Bonchev–Trinajstić information content (AvgIpc) is 3.41. The van der Waals surface area contributed by atoms with Gasteiger partial charge in [0.15, 0.2) is 5.82 Å². The fourth-order valence-corrected chi connectivity index (χ4v) is 5.28. The van der Waals surface area contributed by atoms with Crippen molar-refractivity contribution in [2.75, 3.05) is 51.5 Å². The van der Waals surface area contributed by atoms with Crippen molar-refractivity contribution in [1.29, 1.82) is 0 Å². The van der Waals surface area contributed by atoms with E-state index in [0.717, 1.165) is 19.0 Å². The number of carbonyl (C=O) groups excluding carboxylic acids is 1. The van der Waals surface area contributed by atoms with Gasteiger partial charge in [-0.15, -0.1) is 0 Å². The number of hydrogen-bond donors (Lipinski definition) is 1. The second kappa shape index (κ2) is 10.7.